The second-order valence-corrected chi connectivity index (χ2v) is 15.3. The predicted molar refractivity (Wildman–Crippen MR) is 222 cm³/mol. The van der Waals surface area contributed by atoms with E-state index in [-0.39, 0.29) is 90.6 Å². The van der Waals surface area contributed by atoms with Gasteiger partial charge in [-0.2, -0.15) is 36.5 Å². The first-order valence-corrected chi connectivity index (χ1v) is 20.8. The summed E-state index contributed by atoms with van der Waals surface area (Å²) in [5.41, 5.74) is -2.93. The molecule has 2 atom stereocenters. The number of nitrogens with zero attached hydrogens (tertiary/aromatic N) is 10. The van der Waals surface area contributed by atoms with Crippen molar-refractivity contribution in [1.82, 2.24) is 50.1 Å². The molecular formula is C38H44Cl2F6N12O8. The smallest absolute Gasteiger partial charge is 0.419 e. The molecule has 360 valence electrons. The molecule has 6 rings (SSSR count). The van der Waals surface area contributed by atoms with Crippen LogP contribution in [0, 0.1) is 0 Å². The molecule has 6 heterocycles. The minimum atomic E-state index is -4.49. The molecule has 2 amide bonds. The fraction of sp³-hybridized carbons (Fsp3) is 0.526. The van der Waals surface area contributed by atoms with Crippen LogP contribution in [0.5, 0.6) is 11.5 Å². The van der Waals surface area contributed by atoms with Gasteiger partial charge in [-0.25, -0.2) is 30.1 Å². The van der Waals surface area contributed by atoms with Crippen LogP contribution in [0.3, 0.4) is 0 Å². The largest absolute Gasteiger partial charge is 0.487 e. The van der Waals surface area contributed by atoms with E-state index in [4.69, 9.17) is 42.1 Å². The zero-order valence-electron chi connectivity index (χ0n) is 35.3. The lowest BCUT2D eigenvalue weighted by molar-refractivity contribution is -0.138. The molecule has 66 heavy (non-hydrogen) atoms. The van der Waals surface area contributed by atoms with Gasteiger partial charge in [0.25, 0.3) is 11.1 Å². The molecule has 4 aromatic heterocycles. The number of aromatic nitrogens is 8. The van der Waals surface area contributed by atoms with Crippen molar-refractivity contribution >= 4 is 46.9 Å². The number of anilines is 2. The summed E-state index contributed by atoms with van der Waals surface area (Å²) in [5, 5.41) is 11.4. The Morgan fingerprint density at radius 2 is 1.06 bits per heavy atom. The molecule has 4 aromatic rings. The zero-order valence-corrected chi connectivity index (χ0v) is 36.8. The normalized spacial score (nSPS) is 15.4. The Balaban J connectivity index is 0.000000247. The lowest BCUT2D eigenvalue weighted by atomic mass is 10.3. The van der Waals surface area contributed by atoms with Crippen molar-refractivity contribution in [3.63, 3.8) is 0 Å². The highest BCUT2D eigenvalue weighted by molar-refractivity contribution is 6.32. The van der Waals surface area contributed by atoms with Gasteiger partial charge in [0.2, 0.25) is 23.7 Å². The second-order valence-electron chi connectivity index (χ2n) is 14.5. The number of halogens is 8. The molecule has 2 aliphatic heterocycles. The van der Waals surface area contributed by atoms with Crippen LogP contribution < -0.4 is 30.4 Å². The molecule has 2 saturated heterocycles. The average Bonchev–Trinajstić information content (AvgIpc) is 3.29. The number of amides is 2. The molecule has 0 spiro atoms. The Bertz CT molecular complexity index is 2310. The van der Waals surface area contributed by atoms with Crippen molar-refractivity contribution in [2.45, 2.75) is 51.2 Å². The molecule has 2 fully saturated rings. The van der Waals surface area contributed by atoms with Crippen LogP contribution >= 0.6 is 23.2 Å². The number of alkyl halides is 6. The van der Waals surface area contributed by atoms with E-state index in [0.29, 0.717) is 52.4 Å². The Hall–Kier alpha value is -5.86. The molecule has 0 bridgehead atoms. The number of ether oxygens (including phenoxy) is 4. The van der Waals surface area contributed by atoms with Crippen molar-refractivity contribution in [2.75, 3.05) is 88.6 Å². The molecule has 0 aliphatic carbocycles. The summed E-state index contributed by atoms with van der Waals surface area (Å²) in [6, 6.07) is 0. The summed E-state index contributed by atoms with van der Waals surface area (Å²) in [4.78, 5) is 69.5. The standard InChI is InChI=1S/2C19H22ClF3N6O4/c1-12(11-33-14-10-26-27-17(31)16(14)20)32-7-2-15(30)28-3-5-29(6-4-28)18-24-8-13(9-25-18)19(21,22)23;1-12(33-14-10-26-27-17(31)16(14)20)11-32-7-2-15(30)28-3-5-29(6-4-28)18-24-8-13(9-25-18)19(21,22)23/h2*8-10,12H,2-7,11H2,1H3,(H,27,31)/t2*12-/m00/s1. The maximum atomic E-state index is 12.6. The lowest BCUT2D eigenvalue weighted by Crippen LogP contribution is -2.49. The van der Waals surface area contributed by atoms with E-state index in [1.807, 2.05) is 0 Å². The molecule has 0 radical (unpaired) electrons. The number of rotatable bonds is 16. The number of aromatic amines is 2. The fourth-order valence-corrected chi connectivity index (χ4v) is 6.35. The molecule has 0 saturated carbocycles. The molecule has 0 unspecified atom stereocenters. The van der Waals surface area contributed by atoms with Crippen molar-refractivity contribution in [3.8, 4) is 11.5 Å². The summed E-state index contributed by atoms with van der Waals surface area (Å²) >= 11 is 11.7. The van der Waals surface area contributed by atoms with Crippen molar-refractivity contribution in [1.29, 1.82) is 0 Å². The van der Waals surface area contributed by atoms with Crippen LogP contribution in [-0.4, -0.2) is 153 Å². The van der Waals surface area contributed by atoms with Gasteiger partial charge in [-0.05, 0) is 13.8 Å². The quantitative estimate of drug-likeness (QED) is 0.121. The molecule has 20 nitrogen and oxygen atoms in total. The summed E-state index contributed by atoms with van der Waals surface area (Å²) in [6.45, 7) is 7.36. The van der Waals surface area contributed by atoms with Gasteiger partial charge in [-0.15, -0.1) is 0 Å². The van der Waals surface area contributed by atoms with Gasteiger partial charge in [-0.1, -0.05) is 23.2 Å². The van der Waals surface area contributed by atoms with Crippen LogP contribution in [0.1, 0.15) is 37.8 Å². The van der Waals surface area contributed by atoms with E-state index in [1.54, 1.807) is 33.4 Å². The second kappa shape index (κ2) is 23.5. The molecular weight excluding hydrogens is 937 g/mol. The number of piperazine rings is 2. The minimum Gasteiger partial charge on any atom is -0.487 e. The minimum absolute atomic E-state index is 0.0987. The Morgan fingerprint density at radius 3 is 1.52 bits per heavy atom. The summed E-state index contributed by atoms with van der Waals surface area (Å²) in [6.07, 6.45) is -3.84. The predicted octanol–water partition coefficient (Wildman–Crippen LogP) is 3.51. The van der Waals surface area contributed by atoms with Crippen LogP contribution in [-0.2, 0) is 31.4 Å². The van der Waals surface area contributed by atoms with E-state index in [0.717, 1.165) is 24.8 Å². The zero-order chi connectivity index (χ0) is 48.0. The van der Waals surface area contributed by atoms with Gasteiger partial charge in [0.1, 0.15) is 12.7 Å². The van der Waals surface area contributed by atoms with E-state index < -0.39 is 40.7 Å². The molecule has 0 aromatic carbocycles. The monoisotopic (exact) mass is 980 g/mol. The molecule has 28 heteroatoms. The van der Waals surface area contributed by atoms with Gasteiger partial charge in [-0.3, -0.25) is 19.2 Å². The third-order valence-corrected chi connectivity index (χ3v) is 10.3. The summed E-state index contributed by atoms with van der Waals surface area (Å²) < 4.78 is 97.8. The maximum absolute atomic E-state index is 12.6. The first-order valence-electron chi connectivity index (χ1n) is 20.1. The van der Waals surface area contributed by atoms with Crippen molar-refractivity contribution in [3.05, 3.63) is 79.1 Å². The van der Waals surface area contributed by atoms with E-state index >= 15 is 0 Å². The SMILES string of the molecule is C[C@@H](COCCC(=O)N1CCN(c2ncc(C(F)(F)F)cn2)CC1)Oc1cn[nH]c(=O)c1Cl.C[C@@H](COc1cn[nH]c(=O)c1Cl)OCCC(=O)N1CCN(c2ncc(C(F)(F)F)cn2)CC1. The Labute approximate surface area is 381 Å². The first kappa shape index (κ1) is 51.1. The van der Waals surface area contributed by atoms with Crippen LogP contribution in [0.25, 0.3) is 0 Å². The van der Waals surface area contributed by atoms with Crippen molar-refractivity contribution in [2.24, 2.45) is 0 Å². The maximum Gasteiger partial charge on any atom is 0.419 e. The first-order chi connectivity index (χ1) is 31.3. The fourth-order valence-electron chi connectivity index (χ4n) is 6.07. The van der Waals surface area contributed by atoms with E-state index in [1.165, 1.54) is 12.4 Å². The van der Waals surface area contributed by atoms with Gasteiger partial charge < -0.3 is 38.5 Å². The molecule has 2 aliphatic rings. The van der Waals surface area contributed by atoms with Gasteiger partial charge in [0.15, 0.2) is 21.5 Å². The highest BCUT2D eigenvalue weighted by Gasteiger charge is 2.33. The third kappa shape index (κ3) is 15.1. The van der Waals surface area contributed by atoms with E-state index in [2.05, 4.69) is 40.3 Å². The molecule has 2 N–H and O–H groups in total. The number of H-pyrrole nitrogens is 2. The highest BCUT2D eigenvalue weighted by Crippen LogP contribution is 2.30. The average molecular weight is 982 g/mol. The van der Waals surface area contributed by atoms with Crippen LogP contribution in [0.15, 0.2) is 46.8 Å². The topological polar surface area (TPSA) is 227 Å². The van der Waals surface area contributed by atoms with E-state index in [9.17, 15) is 45.5 Å². The summed E-state index contributed by atoms with van der Waals surface area (Å²) in [7, 11) is 0. The number of hydrogen-bond donors (Lipinski definition) is 2. The number of nitrogens with one attached hydrogen (secondary N) is 2. The van der Waals surface area contributed by atoms with Gasteiger partial charge in [0.05, 0.1) is 62.3 Å². The van der Waals surface area contributed by atoms with Crippen molar-refractivity contribution < 1.29 is 54.9 Å². The van der Waals surface area contributed by atoms with Gasteiger partial charge >= 0.3 is 12.4 Å². The van der Waals surface area contributed by atoms with Crippen LogP contribution in [0.4, 0.5) is 38.2 Å². The number of hydrogen-bond acceptors (Lipinski definition) is 16. The summed E-state index contributed by atoms with van der Waals surface area (Å²) in [5.74, 6) is 0.478. The lowest BCUT2D eigenvalue weighted by Gasteiger charge is -2.34. The third-order valence-electron chi connectivity index (χ3n) is 9.62. The van der Waals surface area contributed by atoms with Crippen LogP contribution in [0.2, 0.25) is 10.0 Å². The Morgan fingerprint density at radius 1 is 0.636 bits per heavy atom. The number of carbonyl (C=O) groups is 2. The number of carbonyl (C=O) groups excluding carboxylic acids is 2. The van der Waals surface area contributed by atoms with Gasteiger partial charge in [0, 0.05) is 77.1 Å². The Kier molecular flexibility index (Phi) is 18.2. The highest BCUT2D eigenvalue weighted by atomic mass is 35.5.